The van der Waals surface area contributed by atoms with Crippen molar-refractivity contribution in [3.63, 3.8) is 0 Å². The Kier molecular flexibility index (Phi) is 6.06. The van der Waals surface area contributed by atoms with Crippen LogP contribution in [-0.4, -0.2) is 62.8 Å². The molecule has 0 atom stereocenters. The number of benzene rings is 2. The number of piperazine rings is 1. The van der Waals surface area contributed by atoms with Gasteiger partial charge in [0.25, 0.3) is 5.91 Å². The van der Waals surface area contributed by atoms with Crippen molar-refractivity contribution in [2.24, 2.45) is 0 Å². The quantitative estimate of drug-likeness (QED) is 0.747. The second-order valence-electron chi connectivity index (χ2n) is 7.75. The average Bonchev–Trinajstić information content (AvgIpc) is 2.80. The van der Waals surface area contributed by atoms with Crippen LogP contribution in [0.5, 0.6) is 0 Å². The number of piperidine rings is 1. The van der Waals surface area contributed by atoms with E-state index in [9.17, 15) is 17.6 Å². The number of hydrogen-bond acceptors (Lipinski definition) is 4. The highest BCUT2D eigenvalue weighted by Crippen LogP contribution is 2.23. The monoisotopic (exact) mass is 431 g/mol. The third-order valence-corrected chi connectivity index (χ3v) is 7.69. The highest BCUT2D eigenvalue weighted by molar-refractivity contribution is 7.89. The van der Waals surface area contributed by atoms with Gasteiger partial charge >= 0.3 is 0 Å². The first kappa shape index (κ1) is 20.8. The van der Waals surface area contributed by atoms with Crippen molar-refractivity contribution in [2.45, 2.75) is 24.2 Å². The van der Waals surface area contributed by atoms with Gasteiger partial charge in [-0.15, -0.1) is 0 Å². The van der Waals surface area contributed by atoms with E-state index in [-0.39, 0.29) is 16.6 Å². The molecule has 160 valence electrons. The van der Waals surface area contributed by atoms with Crippen LogP contribution in [0.3, 0.4) is 0 Å². The number of carbonyl (C=O) groups is 1. The number of halogens is 1. The van der Waals surface area contributed by atoms with Gasteiger partial charge in [0.15, 0.2) is 0 Å². The Balaban J connectivity index is 1.46. The number of likely N-dealkylation sites (tertiary alicyclic amines) is 1. The summed E-state index contributed by atoms with van der Waals surface area (Å²) in [5.41, 5.74) is 1.30. The summed E-state index contributed by atoms with van der Waals surface area (Å²) >= 11 is 0. The normalized spacial score (nSPS) is 18.4. The first-order valence-corrected chi connectivity index (χ1v) is 11.8. The predicted octanol–water partition coefficient (Wildman–Crippen LogP) is 2.96. The summed E-state index contributed by atoms with van der Waals surface area (Å²) < 4.78 is 40.9. The van der Waals surface area contributed by atoms with E-state index in [4.69, 9.17) is 0 Å². The topological polar surface area (TPSA) is 60.9 Å². The molecular formula is C22H26FN3O3S. The largest absolute Gasteiger partial charge is 0.369 e. The van der Waals surface area contributed by atoms with Crippen LogP contribution in [0.15, 0.2) is 53.4 Å². The lowest BCUT2D eigenvalue weighted by Crippen LogP contribution is -2.48. The zero-order valence-electron chi connectivity index (χ0n) is 16.8. The van der Waals surface area contributed by atoms with Gasteiger partial charge in [-0.1, -0.05) is 6.07 Å². The van der Waals surface area contributed by atoms with Crippen LogP contribution in [0.1, 0.15) is 29.6 Å². The van der Waals surface area contributed by atoms with Crippen molar-refractivity contribution < 1.29 is 17.6 Å². The number of amides is 1. The summed E-state index contributed by atoms with van der Waals surface area (Å²) in [5, 5.41) is 0. The summed E-state index contributed by atoms with van der Waals surface area (Å²) in [6, 6.07) is 12.6. The minimum atomic E-state index is -3.69. The summed E-state index contributed by atoms with van der Waals surface area (Å²) in [6.45, 7) is 3.17. The standard InChI is InChI=1S/C22H26FN3O3S/c23-19-7-9-20(10-8-19)24-13-15-26(16-14-24)30(28,29)21-6-4-5-18(17-21)22(27)25-11-2-1-3-12-25/h4-10,17H,1-3,11-16H2. The molecule has 4 rings (SSSR count). The molecule has 2 aromatic carbocycles. The lowest BCUT2D eigenvalue weighted by molar-refractivity contribution is 0.0724. The van der Waals surface area contributed by atoms with Gasteiger partial charge < -0.3 is 9.80 Å². The number of sulfonamides is 1. The van der Waals surface area contributed by atoms with Crippen LogP contribution in [0.2, 0.25) is 0 Å². The third kappa shape index (κ3) is 4.34. The second-order valence-corrected chi connectivity index (χ2v) is 9.69. The van der Waals surface area contributed by atoms with Crippen molar-refractivity contribution in [3.05, 3.63) is 59.9 Å². The van der Waals surface area contributed by atoms with Crippen molar-refractivity contribution in [1.82, 2.24) is 9.21 Å². The summed E-state index contributed by atoms with van der Waals surface area (Å²) in [4.78, 5) is 16.8. The van der Waals surface area contributed by atoms with Crippen molar-refractivity contribution in [2.75, 3.05) is 44.2 Å². The smallest absolute Gasteiger partial charge is 0.253 e. The predicted molar refractivity (Wildman–Crippen MR) is 114 cm³/mol. The molecule has 0 aromatic heterocycles. The fourth-order valence-corrected chi connectivity index (χ4v) is 5.53. The van der Waals surface area contributed by atoms with E-state index >= 15 is 0 Å². The fourth-order valence-electron chi connectivity index (χ4n) is 4.06. The first-order valence-electron chi connectivity index (χ1n) is 10.4. The SMILES string of the molecule is O=C(c1cccc(S(=O)(=O)N2CCN(c3ccc(F)cc3)CC2)c1)N1CCCCC1. The first-order chi connectivity index (χ1) is 14.4. The molecule has 0 saturated carbocycles. The Labute approximate surface area is 176 Å². The Morgan fingerprint density at radius 2 is 1.50 bits per heavy atom. The van der Waals surface area contributed by atoms with Gasteiger partial charge in [0.05, 0.1) is 4.90 Å². The number of hydrogen-bond donors (Lipinski definition) is 0. The molecule has 0 radical (unpaired) electrons. The van der Waals surface area contributed by atoms with E-state index in [1.165, 1.54) is 22.5 Å². The minimum absolute atomic E-state index is 0.104. The highest BCUT2D eigenvalue weighted by atomic mass is 32.2. The van der Waals surface area contributed by atoms with Gasteiger partial charge in [-0.25, -0.2) is 12.8 Å². The maximum atomic E-state index is 13.2. The van der Waals surface area contributed by atoms with Crippen LogP contribution < -0.4 is 4.90 Å². The van der Waals surface area contributed by atoms with E-state index in [0.29, 0.717) is 31.7 Å². The zero-order chi connectivity index (χ0) is 21.1. The maximum absolute atomic E-state index is 13.2. The molecule has 0 N–H and O–H groups in total. The maximum Gasteiger partial charge on any atom is 0.253 e. The molecule has 2 aliphatic rings. The molecular weight excluding hydrogens is 405 g/mol. The number of rotatable bonds is 4. The molecule has 2 fully saturated rings. The zero-order valence-corrected chi connectivity index (χ0v) is 17.7. The Morgan fingerprint density at radius 3 is 2.17 bits per heavy atom. The lowest BCUT2D eigenvalue weighted by Gasteiger charge is -2.35. The summed E-state index contributed by atoms with van der Waals surface area (Å²) in [6.07, 6.45) is 3.10. The molecule has 2 aliphatic heterocycles. The molecule has 2 aromatic rings. The number of carbonyl (C=O) groups excluding carboxylic acids is 1. The molecule has 30 heavy (non-hydrogen) atoms. The van der Waals surface area contributed by atoms with Crippen LogP contribution in [0.4, 0.5) is 10.1 Å². The van der Waals surface area contributed by atoms with Crippen molar-refractivity contribution in [1.29, 1.82) is 0 Å². The van der Waals surface area contributed by atoms with E-state index < -0.39 is 10.0 Å². The van der Waals surface area contributed by atoms with Crippen molar-refractivity contribution in [3.8, 4) is 0 Å². The lowest BCUT2D eigenvalue weighted by atomic mass is 10.1. The van der Waals surface area contributed by atoms with Crippen LogP contribution in [0.25, 0.3) is 0 Å². The Morgan fingerprint density at radius 1 is 0.833 bits per heavy atom. The van der Waals surface area contributed by atoms with E-state index in [2.05, 4.69) is 0 Å². The summed E-state index contributed by atoms with van der Waals surface area (Å²) in [7, 11) is -3.69. The van der Waals surface area contributed by atoms with Gasteiger partial charge in [-0.3, -0.25) is 4.79 Å². The molecule has 0 bridgehead atoms. The molecule has 8 heteroatoms. The number of anilines is 1. The van der Waals surface area contributed by atoms with Gasteiger partial charge in [0, 0.05) is 50.5 Å². The fraction of sp³-hybridized carbons (Fsp3) is 0.409. The Hall–Kier alpha value is -2.45. The Bertz CT molecular complexity index is 997. The van der Waals surface area contributed by atoms with Gasteiger partial charge in [0.2, 0.25) is 10.0 Å². The minimum Gasteiger partial charge on any atom is -0.369 e. The van der Waals surface area contributed by atoms with Crippen LogP contribution in [0, 0.1) is 5.82 Å². The second kappa shape index (κ2) is 8.73. The highest BCUT2D eigenvalue weighted by Gasteiger charge is 2.29. The molecule has 6 nitrogen and oxygen atoms in total. The summed E-state index contributed by atoms with van der Waals surface area (Å²) in [5.74, 6) is -0.396. The number of nitrogens with zero attached hydrogens (tertiary/aromatic N) is 3. The molecule has 0 spiro atoms. The molecule has 0 aliphatic carbocycles. The third-order valence-electron chi connectivity index (χ3n) is 5.79. The van der Waals surface area contributed by atoms with E-state index in [1.807, 2.05) is 4.90 Å². The van der Waals surface area contributed by atoms with Gasteiger partial charge in [-0.05, 0) is 61.7 Å². The van der Waals surface area contributed by atoms with Crippen molar-refractivity contribution >= 4 is 21.6 Å². The van der Waals surface area contributed by atoms with Gasteiger partial charge in [0.1, 0.15) is 5.82 Å². The molecule has 2 heterocycles. The van der Waals surface area contributed by atoms with Gasteiger partial charge in [-0.2, -0.15) is 4.31 Å². The molecule has 2 saturated heterocycles. The van der Waals surface area contributed by atoms with Crippen LogP contribution >= 0.6 is 0 Å². The van der Waals surface area contributed by atoms with E-state index in [0.717, 1.165) is 38.0 Å². The van der Waals surface area contributed by atoms with E-state index in [1.54, 1.807) is 35.2 Å². The molecule has 0 unspecified atom stereocenters. The molecule has 1 amide bonds. The average molecular weight is 432 g/mol. The van der Waals surface area contributed by atoms with Crippen LogP contribution in [-0.2, 0) is 10.0 Å².